The van der Waals surface area contributed by atoms with Gasteiger partial charge >= 0.3 is 0 Å². The van der Waals surface area contributed by atoms with Crippen molar-refractivity contribution < 1.29 is 4.79 Å². The molecule has 0 radical (unpaired) electrons. The van der Waals surface area contributed by atoms with Gasteiger partial charge in [-0.25, -0.2) is 9.97 Å². The summed E-state index contributed by atoms with van der Waals surface area (Å²) in [5.74, 6) is 2.95. The summed E-state index contributed by atoms with van der Waals surface area (Å²) in [4.78, 5) is 22.9. The van der Waals surface area contributed by atoms with Gasteiger partial charge in [0.05, 0.1) is 0 Å². The Kier molecular flexibility index (Phi) is 4.98. The maximum Gasteiger partial charge on any atom is 0.244 e. The fourth-order valence-corrected chi connectivity index (χ4v) is 2.11. The Morgan fingerprint density at radius 2 is 2.05 bits per heavy atom. The number of likely N-dealkylation sites (N-methyl/N-ethyl adjacent to an activating group) is 1. The van der Waals surface area contributed by atoms with E-state index in [1.807, 2.05) is 26.8 Å². The molecule has 1 heterocycles. The van der Waals surface area contributed by atoms with Crippen molar-refractivity contribution in [2.75, 3.05) is 30.8 Å². The Hall–Kier alpha value is -1.85. The second kappa shape index (κ2) is 6.74. The summed E-state index contributed by atoms with van der Waals surface area (Å²) in [6.07, 6.45) is 2.31. The smallest absolute Gasteiger partial charge is 0.244 e. The molecule has 0 saturated heterocycles. The molecule has 1 atom stereocenters. The van der Waals surface area contributed by atoms with Crippen molar-refractivity contribution in [2.45, 2.75) is 45.6 Å². The van der Waals surface area contributed by atoms with E-state index in [-0.39, 0.29) is 11.9 Å². The Morgan fingerprint density at radius 3 is 2.62 bits per heavy atom. The van der Waals surface area contributed by atoms with Crippen molar-refractivity contribution in [2.24, 2.45) is 0 Å². The first-order chi connectivity index (χ1) is 10.0. The summed E-state index contributed by atoms with van der Waals surface area (Å²) in [5, 5.41) is 6.42. The molecule has 1 aliphatic rings. The molecule has 1 saturated carbocycles. The van der Waals surface area contributed by atoms with Gasteiger partial charge in [-0.15, -0.1) is 0 Å². The number of carbonyl (C=O) groups excluding carboxylic acids is 1. The monoisotopic (exact) mass is 291 g/mol. The number of aromatic nitrogens is 2. The lowest BCUT2D eigenvalue weighted by molar-refractivity contribution is -0.130. The number of carbonyl (C=O) groups is 1. The van der Waals surface area contributed by atoms with Crippen molar-refractivity contribution in [3.8, 4) is 0 Å². The van der Waals surface area contributed by atoms with Crippen LogP contribution in [0.5, 0.6) is 0 Å². The molecular formula is C15H25N5O. The zero-order valence-electron chi connectivity index (χ0n) is 13.3. The van der Waals surface area contributed by atoms with Gasteiger partial charge in [0.15, 0.2) is 0 Å². The Labute approximate surface area is 126 Å². The molecule has 0 aliphatic heterocycles. The van der Waals surface area contributed by atoms with Crippen LogP contribution in [0, 0.1) is 0 Å². The minimum absolute atomic E-state index is 0.0640. The Balaban J connectivity index is 2.12. The second-order valence-corrected chi connectivity index (χ2v) is 5.52. The predicted octanol–water partition coefficient (Wildman–Crippen LogP) is 2.06. The van der Waals surface area contributed by atoms with Gasteiger partial charge in [-0.3, -0.25) is 4.79 Å². The highest BCUT2D eigenvalue weighted by atomic mass is 16.2. The van der Waals surface area contributed by atoms with Gasteiger partial charge in [0.2, 0.25) is 5.91 Å². The maximum absolute atomic E-state index is 12.1. The summed E-state index contributed by atoms with van der Waals surface area (Å²) in [7, 11) is 1.81. The van der Waals surface area contributed by atoms with Gasteiger partial charge in [-0.2, -0.15) is 0 Å². The fourth-order valence-electron chi connectivity index (χ4n) is 2.11. The molecule has 0 aromatic carbocycles. The zero-order valence-corrected chi connectivity index (χ0v) is 13.3. The summed E-state index contributed by atoms with van der Waals surface area (Å²) in [5.41, 5.74) is 0. The first-order valence-electron chi connectivity index (χ1n) is 7.69. The summed E-state index contributed by atoms with van der Waals surface area (Å²) in [6, 6.07) is 1.57. The van der Waals surface area contributed by atoms with Gasteiger partial charge in [0.25, 0.3) is 0 Å². The van der Waals surface area contributed by atoms with Crippen molar-refractivity contribution >= 4 is 17.5 Å². The molecule has 0 spiro atoms. The highest BCUT2D eigenvalue weighted by molar-refractivity contribution is 5.83. The number of nitrogens with one attached hydrogen (secondary N) is 2. The average molecular weight is 291 g/mol. The van der Waals surface area contributed by atoms with Gasteiger partial charge in [0.1, 0.15) is 23.5 Å². The lowest BCUT2D eigenvalue weighted by Crippen LogP contribution is -2.39. The van der Waals surface area contributed by atoms with E-state index >= 15 is 0 Å². The highest BCUT2D eigenvalue weighted by Crippen LogP contribution is 2.38. The first-order valence-corrected chi connectivity index (χ1v) is 7.69. The summed E-state index contributed by atoms with van der Waals surface area (Å²) < 4.78 is 0. The van der Waals surface area contributed by atoms with E-state index in [9.17, 15) is 4.79 Å². The van der Waals surface area contributed by atoms with Gasteiger partial charge < -0.3 is 15.5 Å². The van der Waals surface area contributed by atoms with Crippen LogP contribution in [0.3, 0.4) is 0 Å². The van der Waals surface area contributed by atoms with Crippen LogP contribution in [0.4, 0.5) is 11.6 Å². The molecule has 21 heavy (non-hydrogen) atoms. The van der Waals surface area contributed by atoms with Crippen LogP contribution < -0.4 is 10.6 Å². The minimum atomic E-state index is -0.300. The second-order valence-electron chi connectivity index (χ2n) is 5.52. The molecule has 1 aliphatic carbocycles. The molecule has 1 amide bonds. The van der Waals surface area contributed by atoms with Crippen molar-refractivity contribution in [3.05, 3.63) is 11.9 Å². The van der Waals surface area contributed by atoms with Crippen molar-refractivity contribution in [1.29, 1.82) is 0 Å². The average Bonchev–Trinajstić information content (AvgIpc) is 3.30. The highest BCUT2D eigenvalue weighted by Gasteiger charge is 2.27. The number of nitrogens with zero attached hydrogens (tertiary/aromatic N) is 3. The van der Waals surface area contributed by atoms with E-state index in [0.717, 1.165) is 31.0 Å². The van der Waals surface area contributed by atoms with Crippen molar-refractivity contribution in [1.82, 2.24) is 14.9 Å². The lowest BCUT2D eigenvalue weighted by atomic mass is 10.3. The van der Waals surface area contributed by atoms with E-state index in [1.165, 1.54) is 0 Å². The third-order valence-electron chi connectivity index (χ3n) is 3.63. The number of hydrogen-bond acceptors (Lipinski definition) is 5. The fraction of sp³-hybridized carbons (Fsp3) is 0.667. The molecule has 6 heteroatoms. The van der Waals surface area contributed by atoms with Gasteiger partial charge in [-0.1, -0.05) is 0 Å². The van der Waals surface area contributed by atoms with Crippen LogP contribution in [0.15, 0.2) is 6.07 Å². The molecule has 1 aromatic rings. The Morgan fingerprint density at radius 1 is 1.38 bits per heavy atom. The maximum atomic E-state index is 12.1. The van der Waals surface area contributed by atoms with Crippen LogP contribution in [-0.2, 0) is 4.79 Å². The molecular weight excluding hydrogens is 266 g/mol. The van der Waals surface area contributed by atoms with Crippen LogP contribution >= 0.6 is 0 Å². The number of hydrogen-bond donors (Lipinski definition) is 2. The molecule has 1 fully saturated rings. The molecule has 6 nitrogen and oxygen atoms in total. The summed E-state index contributed by atoms with van der Waals surface area (Å²) >= 11 is 0. The first kappa shape index (κ1) is 15.5. The van der Waals surface area contributed by atoms with Gasteiger partial charge in [0, 0.05) is 32.1 Å². The SMILES string of the molecule is CCNc1cc(NC(C)C(=O)N(C)CC)nc(C2CC2)n1. The molecule has 116 valence electrons. The third-order valence-corrected chi connectivity index (χ3v) is 3.63. The van der Waals surface area contributed by atoms with E-state index in [1.54, 1.807) is 11.9 Å². The molecule has 0 bridgehead atoms. The van der Waals surface area contributed by atoms with Crippen LogP contribution in [0.2, 0.25) is 0 Å². The van der Waals surface area contributed by atoms with E-state index < -0.39 is 0 Å². The molecule has 1 aromatic heterocycles. The molecule has 2 rings (SSSR count). The van der Waals surface area contributed by atoms with E-state index in [4.69, 9.17) is 0 Å². The molecule has 1 unspecified atom stereocenters. The standard InChI is InChI=1S/C15H25N5O/c1-5-16-12-9-13(19-14(18-12)11-7-8-11)17-10(3)15(21)20(4)6-2/h9-11H,5-8H2,1-4H3,(H2,16,17,18,19). The van der Waals surface area contributed by atoms with E-state index in [2.05, 4.69) is 20.6 Å². The summed E-state index contributed by atoms with van der Waals surface area (Å²) in [6.45, 7) is 7.37. The Bertz CT molecular complexity index is 501. The normalized spacial score (nSPS) is 15.4. The number of amides is 1. The number of anilines is 2. The topological polar surface area (TPSA) is 70.2 Å². The third kappa shape index (κ3) is 4.06. The predicted molar refractivity (Wildman–Crippen MR) is 84.6 cm³/mol. The quantitative estimate of drug-likeness (QED) is 0.804. The lowest BCUT2D eigenvalue weighted by Gasteiger charge is -2.21. The van der Waals surface area contributed by atoms with Crippen LogP contribution in [0.25, 0.3) is 0 Å². The van der Waals surface area contributed by atoms with Gasteiger partial charge in [-0.05, 0) is 33.6 Å². The van der Waals surface area contributed by atoms with Crippen LogP contribution in [0.1, 0.15) is 45.4 Å². The molecule has 2 N–H and O–H groups in total. The number of rotatable bonds is 7. The van der Waals surface area contributed by atoms with Crippen LogP contribution in [-0.4, -0.2) is 47.0 Å². The van der Waals surface area contributed by atoms with E-state index in [0.29, 0.717) is 18.3 Å². The van der Waals surface area contributed by atoms with Crippen molar-refractivity contribution in [3.63, 3.8) is 0 Å². The minimum Gasteiger partial charge on any atom is -0.370 e. The largest absolute Gasteiger partial charge is 0.370 e. The zero-order chi connectivity index (χ0) is 15.4.